The Morgan fingerprint density at radius 2 is 1.79 bits per heavy atom. The zero-order valence-electron chi connectivity index (χ0n) is 12.9. The Labute approximate surface area is 116 Å². The van der Waals surface area contributed by atoms with Gasteiger partial charge in [0.2, 0.25) is 0 Å². The molecule has 1 N–H and O–H groups in total. The molecule has 3 heteroatoms. The Morgan fingerprint density at radius 1 is 1.21 bits per heavy atom. The molecule has 1 atom stereocenters. The van der Waals surface area contributed by atoms with Crippen molar-refractivity contribution in [1.29, 1.82) is 0 Å². The minimum atomic E-state index is -0.827. The summed E-state index contributed by atoms with van der Waals surface area (Å²) < 4.78 is 0. The smallest absolute Gasteiger partial charge is 0.313 e. The topological polar surface area (TPSA) is 40.5 Å². The van der Waals surface area contributed by atoms with E-state index in [4.69, 9.17) is 0 Å². The molecule has 0 bridgehead atoms. The summed E-state index contributed by atoms with van der Waals surface area (Å²) >= 11 is 0. The number of rotatable bonds is 5. The van der Waals surface area contributed by atoms with Crippen molar-refractivity contribution in [2.45, 2.75) is 39.5 Å². The monoisotopic (exact) mass is 263 g/mol. The van der Waals surface area contributed by atoms with Gasteiger partial charge in [0, 0.05) is 0 Å². The molecule has 106 valence electrons. The summed E-state index contributed by atoms with van der Waals surface area (Å²) in [5.74, 6) is -0.749. The number of benzene rings is 1. The fourth-order valence-corrected chi connectivity index (χ4v) is 2.36. The number of aryl methyl sites for hydroxylation is 1. The Balaban J connectivity index is 3.27. The van der Waals surface area contributed by atoms with E-state index < -0.39 is 11.4 Å². The Kier molecular flexibility index (Phi) is 4.75. The van der Waals surface area contributed by atoms with E-state index >= 15 is 0 Å². The predicted molar refractivity (Wildman–Crippen MR) is 78.8 cm³/mol. The third-order valence-electron chi connectivity index (χ3n) is 4.18. The molecule has 0 saturated carbocycles. The van der Waals surface area contributed by atoms with Crippen LogP contribution in [-0.2, 0) is 10.2 Å². The van der Waals surface area contributed by atoms with E-state index in [0.29, 0.717) is 6.42 Å². The van der Waals surface area contributed by atoms with Crippen LogP contribution in [0.15, 0.2) is 12.1 Å². The van der Waals surface area contributed by atoms with Crippen molar-refractivity contribution in [2.24, 2.45) is 0 Å². The maximum absolute atomic E-state index is 11.8. The molecule has 1 unspecified atom stereocenters. The number of aliphatic carboxylic acids is 1. The van der Waals surface area contributed by atoms with E-state index in [0.717, 1.165) is 17.7 Å². The zero-order chi connectivity index (χ0) is 14.8. The van der Waals surface area contributed by atoms with E-state index in [1.807, 2.05) is 45.0 Å². The number of hydrogen-bond donors (Lipinski definition) is 1. The van der Waals surface area contributed by atoms with Crippen molar-refractivity contribution in [2.75, 3.05) is 20.6 Å². The van der Waals surface area contributed by atoms with Crippen molar-refractivity contribution in [3.05, 3.63) is 34.4 Å². The molecule has 0 aliphatic carbocycles. The summed E-state index contributed by atoms with van der Waals surface area (Å²) in [5, 5.41) is 9.66. The highest BCUT2D eigenvalue weighted by atomic mass is 16.4. The number of carboxylic acid groups (broad SMARTS) is 1. The highest BCUT2D eigenvalue weighted by Crippen LogP contribution is 2.33. The third-order valence-corrected chi connectivity index (χ3v) is 4.18. The number of hydrogen-bond acceptors (Lipinski definition) is 2. The van der Waals surface area contributed by atoms with Gasteiger partial charge in [-0.05, 0) is 77.0 Å². The lowest BCUT2D eigenvalue weighted by molar-refractivity contribution is -0.143. The standard InChI is InChI=1S/C16H25NO2/c1-11-7-8-14(13(3)12(11)2)16(4,15(18)19)9-10-17(5)6/h7-8H,9-10H2,1-6H3,(H,18,19). The van der Waals surface area contributed by atoms with E-state index in [-0.39, 0.29) is 0 Å². The largest absolute Gasteiger partial charge is 0.481 e. The van der Waals surface area contributed by atoms with Gasteiger partial charge in [-0.1, -0.05) is 12.1 Å². The second kappa shape index (κ2) is 5.74. The van der Waals surface area contributed by atoms with Crippen LogP contribution in [0.5, 0.6) is 0 Å². The van der Waals surface area contributed by atoms with E-state index in [1.165, 1.54) is 11.1 Å². The van der Waals surface area contributed by atoms with Crippen LogP contribution in [0, 0.1) is 20.8 Å². The van der Waals surface area contributed by atoms with Crippen LogP contribution < -0.4 is 0 Å². The first kappa shape index (κ1) is 15.7. The van der Waals surface area contributed by atoms with E-state index in [1.54, 1.807) is 0 Å². The molecule has 0 amide bonds. The number of carbonyl (C=O) groups is 1. The highest BCUT2D eigenvalue weighted by Gasteiger charge is 2.36. The SMILES string of the molecule is Cc1ccc(C(C)(CCN(C)C)C(=O)O)c(C)c1C. The normalized spacial score (nSPS) is 14.5. The molecular formula is C16H25NO2. The third kappa shape index (κ3) is 3.16. The van der Waals surface area contributed by atoms with Gasteiger partial charge in [-0.15, -0.1) is 0 Å². The fraction of sp³-hybridized carbons (Fsp3) is 0.562. The minimum Gasteiger partial charge on any atom is -0.481 e. The molecule has 0 fully saturated rings. The van der Waals surface area contributed by atoms with Crippen molar-refractivity contribution in [3.8, 4) is 0 Å². The molecular weight excluding hydrogens is 238 g/mol. The minimum absolute atomic E-state index is 0.610. The average Bonchev–Trinajstić information content (AvgIpc) is 2.33. The van der Waals surface area contributed by atoms with Gasteiger partial charge in [-0.2, -0.15) is 0 Å². The molecule has 0 aliphatic rings. The lowest BCUT2D eigenvalue weighted by atomic mass is 9.76. The van der Waals surface area contributed by atoms with Gasteiger partial charge in [0.05, 0.1) is 5.41 Å². The summed E-state index contributed by atoms with van der Waals surface area (Å²) in [6, 6.07) is 4.00. The molecule has 19 heavy (non-hydrogen) atoms. The second-order valence-electron chi connectivity index (χ2n) is 5.87. The van der Waals surface area contributed by atoms with Crippen LogP contribution in [-0.4, -0.2) is 36.6 Å². The molecule has 0 radical (unpaired) electrons. The lowest BCUT2D eigenvalue weighted by Gasteiger charge is -2.29. The molecule has 1 aromatic carbocycles. The fourth-order valence-electron chi connectivity index (χ4n) is 2.36. The van der Waals surface area contributed by atoms with Crippen LogP contribution in [0.2, 0.25) is 0 Å². The first-order valence-corrected chi connectivity index (χ1v) is 6.65. The van der Waals surface area contributed by atoms with Gasteiger partial charge >= 0.3 is 5.97 Å². The number of nitrogens with zero attached hydrogens (tertiary/aromatic N) is 1. The summed E-state index contributed by atoms with van der Waals surface area (Å²) in [6.07, 6.45) is 0.610. The molecule has 1 aromatic rings. The maximum atomic E-state index is 11.8. The number of carboxylic acids is 1. The van der Waals surface area contributed by atoms with Gasteiger partial charge in [0.25, 0.3) is 0 Å². The molecule has 0 aliphatic heterocycles. The van der Waals surface area contributed by atoms with Crippen LogP contribution in [0.1, 0.15) is 35.6 Å². The van der Waals surface area contributed by atoms with Crippen LogP contribution >= 0.6 is 0 Å². The van der Waals surface area contributed by atoms with Crippen LogP contribution in [0.4, 0.5) is 0 Å². The summed E-state index contributed by atoms with van der Waals surface area (Å²) in [4.78, 5) is 13.8. The molecule has 0 saturated heterocycles. The van der Waals surface area contributed by atoms with Crippen molar-refractivity contribution in [3.63, 3.8) is 0 Å². The van der Waals surface area contributed by atoms with Gasteiger partial charge < -0.3 is 10.0 Å². The van der Waals surface area contributed by atoms with Gasteiger partial charge in [-0.25, -0.2) is 0 Å². The van der Waals surface area contributed by atoms with Crippen molar-refractivity contribution >= 4 is 5.97 Å². The highest BCUT2D eigenvalue weighted by molar-refractivity contribution is 5.81. The molecule has 1 rings (SSSR count). The van der Waals surface area contributed by atoms with Gasteiger partial charge in [0.1, 0.15) is 0 Å². The molecule has 0 spiro atoms. The average molecular weight is 263 g/mol. The van der Waals surface area contributed by atoms with E-state index in [9.17, 15) is 9.90 Å². The Bertz CT molecular complexity index is 480. The Morgan fingerprint density at radius 3 is 2.26 bits per heavy atom. The van der Waals surface area contributed by atoms with Crippen molar-refractivity contribution < 1.29 is 9.90 Å². The zero-order valence-corrected chi connectivity index (χ0v) is 12.9. The first-order valence-electron chi connectivity index (χ1n) is 6.65. The van der Waals surface area contributed by atoms with Gasteiger partial charge in [0.15, 0.2) is 0 Å². The Hall–Kier alpha value is -1.35. The molecule has 0 heterocycles. The van der Waals surface area contributed by atoms with E-state index in [2.05, 4.69) is 13.8 Å². The second-order valence-corrected chi connectivity index (χ2v) is 5.87. The first-order chi connectivity index (χ1) is 8.70. The summed E-state index contributed by atoms with van der Waals surface area (Å²) in [5.41, 5.74) is 3.61. The summed E-state index contributed by atoms with van der Waals surface area (Å²) in [7, 11) is 3.94. The van der Waals surface area contributed by atoms with Gasteiger partial charge in [-0.3, -0.25) is 4.79 Å². The van der Waals surface area contributed by atoms with Crippen LogP contribution in [0.3, 0.4) is 0 Å². The van der Waals surface area contributed by atoms with Crippen LogP contribution in [0.25, 0.3) is 0 Å². The predicted octanol–water partition coefficient (Wildman–Crippen LogP) is 2.91. The maximum Gasteiger partial charge on any atom is 0.313 e. The lowest BCUT2D eigenvalue weighted by Crippen LogP contribution is -2.36. The quantitative estimate of drug-likeness (QED) is 0.888. The molecule has 0 aromatic heterocycles. The van der Waals surface area contributed by atoms with Crippen molar-refractivity contribution in [1.82, 2.24) is 4.90 Å². The summed E-state index contributed by atoms with van der Waals surface area (Å²) in [6.45, 7) is 8.73. The molecule has 3 nitrogen and oxygen atoms in total.